The molecule has 2 aliphatic rings. The molecule has 2 atom stereocenters. The van der Waals surface area contributed by atoms with Crippen molar-refractivity contribution in [2.24, 2.45) is 23.5 Å². The first-order chi connectivity index (χ1) is 8.70. The van der Waals surface area contributed by atoms with Gasteiger partial charge in [0.1, 0.15) is 5.82 Å². The molecule has 3 rings (SSSR count). The molecule has 2 unspecified atom stereocenters. The number of rotatable bonds is 3. The lowest BCUT2D eigenvalue weighted by atomic mass is 10.1. The molecule has 2 fully saturated rings. The predicted octanol–water partition coefficient (Wildman–Crippen LogP) is 2.27. The van der Waals surface area contributed by atoms with E-state index in [4.69, 9.17) is 5.73 Å². The second-order valence-electron chi connectivity index (χ2n) is 5.29. The first-order valence-electron chi connectivity index (χ1n) is 6.50. The monoisotopic (exact) mass is 248 g/mol. The Morgan fingerprint density at radius 3 is 2.72 bits per heavy atom. The van der Waals surface area contributed by atoms with Crippen LogP contribution in [0.2, 0.25) is 0 Å². The summed E-state index contributed by atoms with van der Waals surface area (Å²) in [6.45, 7) is 0.303. The smallest absolute Gasteiger partial charge is 0.228 e. The number of hydrogen-bond acceptors (Lipinski definition) is 2. The third-order valence-corrected chi connectivity index (χ3v) is 4.24. The molecule has 3 N–H and O–H groups in total. The third kappa shape index (κ3) is 1.90. The number of amides is 1. The van der Waals surface area contributed by atoms with Crippen molar-refractivity contribution < 1.29 is 9.18 Å². The van der Waals surface area contributed by atoms with Gasteiger partial charge in [0.05, 0.1) is 5.69 Å². The van der Waals surface area contributed by atoms with E-state index in [9.17, 15) is 9.18 Å². The first-order valence-corrected chi connectivity index (χ1v) is 6.50. The Morgan fingerprint density at radius 2 is 2.11 bits per heavy atom. The third-order valence-electron chi connectivity index (χ3n) is 4.24. The van der Waals surface area contributed by atoms with Gasteiger partial charge < -0.3 is 11.1 Å². The maximum absolute atomic E-state index is 13.7. The van der Waals surface area contributed by atoms with Crippen molar-refractivity contribution in [2.45, 2.75) is 25.8 Å². The number of benzene rings is 1. The number of nitrogens with two attached hydrogens (primary N) is 1. The Kier molecular flexibility index (Phi) is 2.82. The lowest BCUT2D eigenvalue weighted by molar-refractivity contribution is -0.118. The molecule has 0 saturated heterocycles. The fourth-order valence-corrected chi connectivity index (χ4v) is 3.21. The Morgan fingerprint density at radius 1 is 1.39 bits per heavy atom. The van der Waals surface area contributed by atoms with Crippen LogP contribution in [0.15, 0.2) is 18.2 Å². The Balaban J connectivity index is 1.67. The molecular formula is C14H17FN2O. The standard InChI is InChI=1S/C14H17FN2O/c15-11-6-8(7-16)4-5-12(11)17-14(18)13-9-2-1-3-10(9)13/h4-6,9-10,13H,1-3,7,16H2,(H,17,18). The fraction of sp³-hybridized carbons (Fsp3) is 0.500. The summed E-state index contributed by atoms with van der Waals surface area (Å²) in [5, 5.41) is 2.70. The lowest BCUT2D eigenvalue weighted by Crippen LogP contribution is -2.17. The van der Waals surface area contributed by atoms with Crippen molar-refractivity contribution >= 4 is 11.6 Å². The number of halogens is 1. The molecule has 1 amide bonds. The zero-order chi connectivity index (χ0) is 12.7. The minimum Gasteiger partial charge on any atom is -0.326 e. The molecule has 2 saturated carbocycles. The van der Waals surface area contributed by atoms with Crippen LogP contribution in [0, 0.1) is 23.6 Å². The number of hydrogen-bond donors (Lipinski definition) is 2. The molecule has 2 aliphatic carbocycles. The largest absolute Gasteiger partial charge is 0.326 e. The highest BCUT2D eigenvalue weighted by molar-refractivity contribution is 5.95. The van der Waals surface area contributed by atoms with Crippen molar-refractivity contribution in [1.82, 2.24) is 0 Å². The molecule has 18 heavy (non-hydrogen) atoms. The predicted molar refractivity (Wildman–Crippen MR) is 67.2 cm³/mol. The van der Waals surface area contributed by atoms with Gasteiger partial charge in [-0.3, -0.25) is 4.79 Å². The Hall–Kier alpha value is -1.42. The molecule has 1 aromatic carbocycles. The van der Waals surface area contributed by atoms with Crippen molar-refractivity contribution in [3.8, 4) is 0 Å². The van der Waals surface area contributed by atoms with Crippen molar-refractivity contribution in [3.05, 3.63) is 29.6 Å². The van der Waals surface area contributed by atoms with Crippen LogP contribution in [0.5, 0.6) is 0 Å². The molecule has 0 heterocycles. The van der Waals surface area contributed by atoms with Gasteiger partial charge >= 0.3 is 0 Å². The topological polar surface area (TPSA) is 55.1 Å². The van der Waals surface area contributed by atoms with Crippen LogP contribution >= 0.6 is 0 Å². The molecule has 1 aromatic rings. The minimum absolute atomic E-state index is 0.0240. The zero-order valence-electron chi connectivity index (χ0n) is 10.2. The number of anilines is 1. The van der Waals surface area contributed by atoms with Crippen LogP contribution in [-0.4, -0.2) is 5.91 Å². The van der Waals surface area contributed by atoms with Gasteiger partial charge in [0.25, 0.3) is 0 Å². The fourth-order valence-electron chi connectivity index (χ4n) is 3.21. The van der Waals surface area contributed by atoms with Gasteiger partial charge in [-0.05, 0) is 42.4 Å². The van der Waals surface area contributed by atoms with Crippen molar-refractivity contribution in [2.75, 3.05) is 5.32 Å². The van der Waals surface area contributed by atoms with E-state index >= 15 is 0 Å². The lowest BCUT2D eigenvalue weighted by Gasteiger charge is -2.08. The van der Waals surface area contributed by atoms with E-state index in [0.29, 0.717) is 18.4 Å². The molecule has 0 aromatic heterocycles. The summed E-state index contributed by atoms with van der Waals surface area (Å²) in [6.07, 6.45) is 3.54. The minimum atomic E-state index is -0.405. The average molecular weight is 248 g/mol. The Bertz CT molecular complexity index is 479. The van der Waals surface area contributed by atoms with Crippen LogP contribution < -0.4 is 11.1 Å². The van der Waals surface area contributed by atoms with Gasteiger partial charge in [0.15, 0.2) is 0 Å². The van der Waals surface area contributed by atoms with E-state index in [-0.39, 0.29) is 17.5 Å². The summed E-state index contributed by atoms with van der Waals surface area (Å²) in [5.41, 5.74) is 6.43. The molecule has 4 heteroatoms. The summed E-state index contributed by atoms with van der Waals surface area (Å²) in [4.78, 5) is 12.0. The number of fused-ring (bicyclic) bond motifs is 1. The van der Waals surface area contributed by atoms with E-state index in [1.165, 1.54) is 12.5 Å². The van der Waals surface area contributed by atoms with Crippen LogP contribution in [0.3, 0.4) is 0 Å². The van der Waals surface area contributed by atoms with Gasteiger partial charge in [-0.2, -0.15) is 0 Å². The summed E-state index contributed by atoms with van der Waals surface area (Å²) in [5.74, 6) is 0.793. The highest BCUT2D eigenvalue weighted by Gasteiger charge is 2.56. The highest BCUT2D eigenvalue weighted by atomic mass is 19.1. The molecule has 3 nitrogen and oxygen atoms in total. The maximum atomic E-state index is 13.7. The SMILES string of the molecule is NCc1ccc(NC(=O)C2C3CCCC32)c(F)c1. The molecule has 96 valence electrons. The van der Waals surface area contributed by atoms with Gasteiger partial charge in [0.2, 0.25) is 5.91 Å². The van der Waals surface area contributed by atoms with Gasteiger partial charge in [0, 0.05) is 12.5 Å². The molecular weight excluding hydrogens is 231 g/mol. The summed E-state index contributed by atoms with van der Waals surface area (Å²) >= 11 is 0. The number of carbonyl (C=O) groups excluding carboxylic acids is 1. The number of carbonyl (C=O) groups is 1. The summed E-state index contributed by atoms with van der Waals surface area (Å²) in [7, 11) is 0. The molecule has 0 radical (unpaired) electrons. The van der Waals surface area contributed by atoms with E-state index in [1.807, 2.05) is 0 Å². The van der Waals surface area contributed by atoms with Gasteiger partial charge in [-0.15, -0.1) is 0 Å². The first kappa shape index (κ1) is 11.7. The average Bonchev–Trinajstić information content (AvgIpc) is 2.86. The van der Waals surface area contributed by atoms with Gasteiger partial charge in [-0.25, -0.2) is 4.39 Å². The summed E-state index contributed by atoms with van der Waals surface area (Å²) < 4.78 is 13.7. The van der Waals surface area contributed by atoms with Crippen molar-refractivity contribution in [1.29, 1.82) is 0 Å². The van der Waals surface area contributed by atoms with E-state index < -0.39 is 5.82 Å². The second-order valence-corrected chi connectivity index (χ2v) is 5.29. The summed E-state index contributed by atoms with van der Waals surface area (Å²) in [6, 6.07) is 4.71. The number of nitrogens with one attached hydrogen (secondary N) is 1. The van der Waals surface area contributed by atoms with E-state index in [2.05, 4.69) is 5.32 Å². The van der Waals surface area contributed by atoms with Crippen LogP contribution in [0.1, 0.15) is 24.8 Å². The van der Waals surface area contributed by atoms with Crippen LogP contribution in [-0.2, 0) is 11.3 Å². The second kappa shape index (κ2) is 4.35. The molecule has 0 spiro atoms. The van der Waals surface area contributed by atoms with Crippen LogP contribution in [0.4, 0.5) is 10.1 Å². The molecule has 0 bridgehead atoms. The molecule has 0 aliphatic heterocycles. The zero-order valence-corrected chi connectivity index (χ0v) is 10.2. The quantitative estimate of drug-likeness (QED) is 0.862. The van der Waals surface area contributed by atoms with Gasteiger partial charge in [-0.1, -0.05) is 12.5 Å². The highest BCUT2D eigenvalue weighted by Crippen LogP contribution is 2.57. The van der Waals surface area contributed by atoms with E-state index in [1.54, 1.807) is 12.1 Å². The maximum Gasteiger partial charge on any atom is 0.228 e. The Labute approximate surface area is 106 Å². The van der Waals surface area contributed by atoms with Crippen LogP contribution in [0.25, 0.3) is 0 Å². The van der Waals surface area contributed by atoms with Crippen molar-refractivity contribution in [3.63, 3.8) is 0 Å². The normalized spacial score (nSPS) is 28.9. The van der Waals surface area contributed by atoms with E-state index in [0.717, 1.165) is 18.4 Å².